The molecule has 0 atom stereocenters. The fraction of sp³-hybridized carbons (Fsp3) is 0.318. The summed E-state index contributed by atoms with van der Waals surface area (Å²) in [5, 5.41) is 28.7. The number of aromatic hydroxyl groups is 1. The van der Waals surface area contributed by atoms with Gasteiger partial charge in [-0.25, -0.2) is 9.97 Å². The second-order valence-corrected chi connectivity index (χ2v) is 7.70. The van der Waals surface area contributed by atoms with Crippen LogP contribution in [0.3, 0.4) is 0 Å². The molecular weight excluding hydrogens is 394 g/mol. The molecule has 1 aromatic carbocycles. The molecule has 3 aliphatic rings. The molecule has 9 heteroatoms. The van der Waals surface area contributed by atoms with Crippen LogP contribution < -0.4 is 20.9 Å². The number of dihydropyridines is 1. The van der Waals surface area contributed by atoms with Gasteiger partial charge in [-0.2, -0.15) is 5.26 Å². The van der Waals surface area contributed by atoms with Gasteiger partial charge in [-0.1, -0.05) is 12.1 Å². The smallest absolute Gasteiger partial charge is 0.165 e. The van der Waals surface area contributed by atoms with Crippen molar-refractivity contribution in [3.63, 3.8) is 0 Å². The Hall–Kier alpha value is -3.77. The molecule has 0 radical (unpaired) electrons. The fourth-order valence-corrected chi connectivity index (χ4v) is 3.76. The molecule has 4 N–H and O–H groups in total. The summed E-state index contributed by atoms with van der Waals surface area (Å²) < 4.78 is 5.38. The van der Waals surface area contributed by atoms with E-state index >= 15 is 0 Å². The maximum atomic E-state index is 9.46. The fourth-order valence-electron chi connectivity index (χ4n) is 3.76. The van der Waals surface area contributed by atoms with Crippen molar-refractivity contribution in [3.05, 3.63) is 53.5 Å². The Balaban J connectivity index is 1.43. The number of hydrogen-bond acceptors (Lipinski definition) is 9. The molecule has 0 bridgehead atoms. The van der Waals surface area contributed by atoms with Crippen molar-refractivity contribution in [2.24, 2.45) is 0 Å². The van der Waals surface area contributed by atoms with Gasteiger partial charge in [0.15, 0.2) is 17.5 Å². The molecule has 1 saturated heterocycles. The van der Waals surface area contributed by atoms with Crippen molar-refractivity contribution in [1.29, 1.82) is 5.26 Å². The molecule has 158 valence electrons. The Bertz CT molecular complexity index is 1080. The van der Waals surface area contributed by atoms with Gasteiger partial charge >= 0.3 is 0 Å². The van der Waals surface area contributed by atoms with E-state index in [-0.39, 0.29) is 5.75 Å². The van der Waals surface area contributed by atoms with E-state index in [1.807, 2.05) is 24.4 Å². The van der Waals surface area contributed by atoms with Crippen LogP contribution >= 0.6 is 0 Å². The normalized spacial score (nSPS) is 17.5. The third-order valence-corrected chi connectivity index (χ3v) is 5.57. The lowest BCUT2D eigenvalue weighted by Gasteiger charge is -2.34. The van der Waals surface area contributed by atoms with Crippen molar-refractivity contribution in [3.8, 4) is 11.8 Å². The number of phenolic OH excluding ortho intramolecular Hbond substituents is 1. The number of phenols is 1. The van der Waals surface area contributed by atoms with Crippen LogP contribution in [0.15, 0.2) is 42.1 Å². The number of hydrogen-bond donors (Lipinski definition) is 4. The van der Waals surface area contributed by atoms with Crippen molar-refractivity contribution in [1.82, 2.24) is 15.3 Å². The van der Waals surface area contributed by atoms with Gasteiger partial charge in [-0.15, -0.1) is 0 Å². The molecule has 0 amide bonds. The topological polar surface area (TPSA) is 118 Å². The Morgan fingerprint density at radius 1 is 1.26 bits per heavy atom. The number of nitrogens with one attached hydrogen (secondary N) is 3. The summed E-state index contributed by atoms with van der Waals surface area (Å²) in [6, 6.07) is 9.71. The van der Waals surface area contributed by atoms with Crippen molar-refractivity contribution >= 4 is 22.9 Å². The first-order valence-corrected chi connectivity index (χ1v) is 10.3. The van der Waals surface area contributed by atoms with E-state index in [1.54, 1.807) is 12.1 Å². The van der Waals surface area contributed by atoms with Gasteiger partial charge < -0.3 is 30.7 Å². The SMILES string of the molecule is N#CC1=CC(c2nc(NCCc3ccc(O)cc3)c3c(n2)N(C2COC2)CN3)=CNC1. The molecule has 1 fully saturated rings. The molecule has 4 heterocycles. The number of benzene rings is 1. The quantitative estimate of drug-likeness (QED) is 0.558. The predicted octanol–water partition coefficient (Wildman–Crippen LogP) is 1.82. The van der Waals surface area contributed by atoms with E-state index < -0.39 is 0 Å². The van der Waals surface area contributed by atoms with Crippen LogP contribution in [0.5, 0.6) is 5.75 Å². The zero-order valence-electron chi connectivity index (χ0n) is 16.9. The van der Waals surface area contributed by atoms with Crippen molar-refractivity contribution < 1.29 is 9.84 Å². The van der Waals surface area contributed by atoms with Gasteiger partial charge in [0.1, 0.15) is 11.4 Å². The highest BCUT2D eigenvalue weighted by molar-refractivity contribution is 5.85. The monoisotopic (exact) mass is 417 g/mol. The van der Waals surface area contributed by atoms with E-state index in [0.717, 1.165) is 34.9 Å². The highest BCUT2D eigenvalue weighted by atomic mass is 16.5. The third-order valence-electron chi connectivity index (χ3n) is 5.57. The molecule has 0 unspecified atom stereocenters. The predicted molar refractivity (Wildman–Crippen MR) is 118 cm³/mol. The molecule has 0 aliphatic carbocycles. The number of fused-ring (bicyclic) bond motifs is 1. The summed E-state index contributed by atoms with van der Waals surface area (Å²) in [5.41, 5.74) is 3.43. The number of nitriles is 1. The second kappa shape index (κ2) is 8.16. The largest absolute Gasteiger partial charge is 0.508 e. The first-order chi connectivity index (χ1) is 15.2. The summed E-state index contributed by atoms with van der Waals surface area (Å²) in [5.74, 6) is 2.42. The molecule has 2 aromatic rings. The van der Waals surface area contributed by atoms with Gasteiger partial charge in [0, 0.05) is 30.4 Å². The summed E-state index contributed by atoms with van der Waals surface area (Å²) in [6.45, 7) is 3.22. The third kappa shape index (κ3) is 3.85. The molecule has 1 aromatic heterocycles. The maximum absolute atomic E-state index is 9.46. The lowest BCUT2D eigenvalue weighted by Crippen LogP contribution is -2.49. The van der Waals surface area contributed by atoms with Crippen molar-refractivity contribution in [2.45, 2.75) is 12.5 Å². The number of allylic oxidation sites excluding steroid dienone is 2. The van der Waals surface area contributed by atoms with Crippen LogP contribution in [0.2, 0.25) is 0 Å². The van der Waals surface area contributed by atoms with E-state index in [2.05, 4.69) is 26.9 Å². The van der Waals surface area contributed by atoms with Crippen LogP contribution in [0.4, 0.5) is 17.3 Å². The molecule has 31 heavy (non-hydrogen) atoms. The average Bonchev–Trinajstić information content (AvgIpc) is 3.17. The molecule has 9 nitrogen and oxygen atoms in total. The highest BCUT2D eigenvalue weighted by Crippen LogP contribution is 2.38. The lowest BCUT2D eigenvalue weighted by molar-refractivity contribution is 0.00892. The molecule has 0 spiro atoms. The number of ether oxygens (including phenoxy) is 1. The molecule has 3 aliphatic heterocycles. The van der Waals surface area contributed by atoms with Gasteiger partial charge in [-0.3, -0.25) is 0 Å². The molecular formula is C22H23N7O2. The Labute approximate surface area is 180 Å². The maximum Gasteiger partial charge on any atom is 0.165 e. The van der Waals surface area contributed by atoms with Crippen LogP contribution in [0, 0.1) is 11.3 Å². The Morgan fingerprint density at radius 2 is 2.10 bits per heavy atom. The number of anilines is 3. The first kappa shape index (κ1) is 19.2. The second-order valence-electron chi connectivity index (χ2n) is 7.70. The van der Waals surface area contributed by atoms with Crippen LogP contribution in [0.1, 0.15) is 11.4 Å². The van der Waals surface area contributed by atoms with Crippen molar-refractivity contribution in [2.75, 3.05) is 48.5 Å². The van der Waals surface area contributed by atoms with E-state index in [1.165, 1.54) is 0 Å². The zero-order valence-corrected chi connectivity index (χ0v) is 16.9. The van der Waals surface area contributed by atoms with Gasteiger partial charge in [0.25, 0.3) is 0 Å². The standard InChI is InChI=1S/C22H23N7O2/c23-8-15-7-16(10-24-9-15)20-27-21(25-6-5-14-1-3-18(30)4-2-14)19-22(28-20)29(13-26-19)17-11-31-12-17/h1-4,7,10,17,24,26,30H,5-6,9,11-13H2,(H,25,27,28). The van der Waals surface area contributed by atoms with Gasteiger partial charge in [0.05, 0.1) is 32.0 Å². The Kier molecular flexibility index (Phi) is 5.06. The lowest BCUT2D eigenvalue weighted by atomic mass is 10.1. The first-order valence-electron chi connectivity index (χ1n) is 10.3. The minimum Gasteiger partial charge on any atom is -0.508 e. The van der Waals surface area contributed by atoms with Gasteiger partial charge in [-0.05, 0) is 30.2 Å². The summed E-state index contributed by atoms with van der Waals surface area (Å²) in [6.07, 6.45) is 4.47. The van der Waals surface area contributed by atoms with Crippen LogP contribution in [-0.2, 0) is 11.2 Å². The molecule has 5 rings (SSSR count). The highest BCUT2D eigenvalue weighted by Gasteiger charge is 2.34. The van der Waals surface area contributed by atoms with Crippen LogP contribution in [0.25, 0.3) is 5.57 Å². The van der Waals surface area contributed by atoms with Gasteiger partial charge in [0.2, 0.25) is 0 Å². The summed E-state index contributed by atoms with van der Waals surface area (Å²) >= 11 is 0. The average molecular weight is 417 g/mol. The number of aromatic nitrogens is 2. The zero-order chi connectivity index (χ0) is 21.2. The van der Waals surface area contributed by atoms with Crippen LogP contribution in [-0.4, -0.2) is 54.1 Å². The minimum atomic E-state index is 0.262. The van der Waals surface area contributed by atoms with E-state index in [4.69, 9.17) is 14.7 Å². The van der Waals surface area contributed by atoms with E-state index in [9.17, 15) is 10.4 Å². The minimum absolute atomic E-state index is 0.262. The number of rotatable bonds is 6. The van der Waals surface area contributed by atoms with E-state index in [0.29, 0.717) is 50.4 Å². The summed E-state index contributed by atoms with van der Waals surface area (Å²) in [4.78, 5) is 11.8. The molecule has 0 saturated carbocycles. The Morgan fingerprint density at radius 3 is 2.84 bits per heavy atom. The number of nitrogens with zero attached hydrogens (tertiary/aromatic N) is 4. The summed E-state index contributed by atoms with van der Waals surface area (Å²) in [7, 11) is 0.